The van der Waals surface area contributed by atoms with Crippen LogP contribution in [0.3, 0.4) is 0 Å². The summed E-state index contributed by atoms with van der Waals surface area (Å²) in [5.41, 5.74) is 8.37. The molecule has 0 aliphatic carbocycles. The standard InChI is InChI=1S/C31H28Cl2N6O3/c1-18(2)26(28(34)40)36-30(41)24-16-35-31(42-23-14-12-22(33)13-15-23)37-29(24)39-17-25(19-6-4-3-5-7-19)27(38-39)20-8-10-21(32)11-9-20/h3-16,18,25-26H,17H2,1-2H3,(H2,34,40)(H,36,41)/t25-,26?/m1/s1. The fraction of sp³-hybridized carbons (Fsp3) is 0.194. The Hall–Kier alpha value is -4.47. The topological polar surface area (TPSA) is 123 Å². The number of primary amides is 1. The SMILES string of the molecule is CC(C)C(NC(=O)c1cnc(Oc2ccc(Cl)cc2)nc1N1C[C@H](c2ccccc2)C(c2ccc(Cl)cc2)=N1)C(N)=O. The number of rotatable bonds is 9. The van der Waals surface area contributed by atoms with E-state index in [-0.39, 0.29) is 29.2 Å². The summed E-state index contributed by atoms with van der Waals surface area (Å²) in [5, 5.41) is 10.5. The van der Waals surface area contributed by atoms with Gasteiger partial charge in [0, 0.05) is 22.2 Å². The second-order valence-corrected chi connectivity index (χ2v) is 11.0. The van der Waals surface area contributed by atoms with E-state index in [4.69, 9.17) is 38.8 Å². The Morgan fingerprint density at radius 2 is 1.62 bits per heavy atom. The van der Waals surface area contributed by atoms with Crippen LogP contribution in [0.15, 0.2) is 90.2 Å². The van der Waals surface area contributed by atoms with E-state index in [0.29, 0.717) is 22.3 Å². The van der Waals surface area contributed by atoms with Gasteiger partial charge in [-0.3, -0.25) is 9.59 Å². The molecule has 3 aromatic carbocycles. The van der Waals surface area contributed by atoms with Crippen LogP contribution in [0, 0.1) is 5.92 Å². The van der Waals surface area contributed by atoms with Gasteiger partial charge in [-0.25, -0.2) is 9.99 Å². The number of benzene rings is 3. The second-order valence-electron chi connectivity index (χ2n) is 10.1. The summed E-state index contributed by atoms with van der Waals surface area (Å²) in [6, 6.07) is 23.2. The zero-order valence-electron chi connectivity index (χ0n) is 22.9. The molecule has 1 aliphatic rings. The normalized spacial score (nSPS) is 15.3. The highest BCUT2D eigenvalue weighted by Crippen LogP contribution is 2.34. The van der Waals surface area contributed by atoms with Gasteiger partial charge in [0.15, 0.2) is 5.82 Å². The van der Waals surface area contributed by atoms with Gasteiger partial charge in [0.2, 0.25) is 5.91 Å². The Morgan fingerprint density at radius 1 is 0.976 bits per heavy atom. The first-order chi connectivity index (χ1) is 20.2. The number of nitrogens with zero attached hydrogens (tertiary/aromatic N) is 4. The summed E-state index contributed by atoms with van der Waals surface area (Å²) in [5.74, 6) is -0.905. The Morgan fingerprint density at radius 3 is 2.24 bits per heavy atom. The fourth-order valence-electron chi connectivity index (χ4n) is 4.62. The number of ether oxygens (including phenoxy) is 1. The molecule has 0 radical (unpaired) electrons. The summed E-state index contributed by atoms with van der Waals surface area (Å²) in [4.78, 5) is 34.5. The van der Waals surface area contributed by atoms with Crippen LogP contribution in [-0.2, 0) is 4.79 Å². The quantitative estimate of drug-likeness (QED) is 0.249. The van der Waals surface area contributed by atoms with Crippen molar-refractivity contribution in [2.75, 3.05) is 11.6 Å². The van der Waals surface area contributed by atoms with Crippen molar-refractivity contribution in [3.8, 4) is 11.8 Å². The maximum atomic E-state index is 13.5. The molecule has 9 nitrogen and oxygen atoms in total. The third kappa shape index (κ3) is 6.53. The van der Waals surface area contributed by atoms with E-state index in [9.17, 15) is 9.59 Å². The number of anilines is 1. The molecule has 11 heteroatoms. The number of carbonyl (C=O) groups is 2. The van der Waals surface area contributed by atoms with Crippen molar-refractivity contribution in [2.24, 2.45) is 16.8 Å². The molecule has 0 spiro atoms. The lowest BCUT2D eigenvalue weighted by molar-refractivity contribution is -0.120. The molecule has 0 saturated carbocycles. The van der Waals surface area contributed by atoms with Crippen molar-refractivity contribution >= 4 is 46.5 Å². The molecule has 1 aliphatic heterocycles. The van der Waals surface area contributed by atoms with Crippen molar-refractivity contribution in [1.82, 2.24) is 15.3 Å². The predicted molar refractivity (Wildman–Crippen MR) is 163 cm³/mol. The van der Waals surface area contributed by atoms with E-state index in [2.05, 4.69) is 15.3 Å². The minimum Gasteiger partial charge on any atom is -0.424 e. The number of nitrogens with one attached hydrogen (secondary N) is 1. The number of hydrogen-bond donors (Lipinski definition) is 2. The molecule has 214 valence electrons. The Balaban J connectivity index is 1.58. The zero-order valence-corrected chi connectivity index (χ0v) is 24.4. The molecule has 42 heavy (non-hydrogen) atoms. The molecule has 1 aromatic heterocycles. The highest BCUT2D eigenvalue weighted by Gasteiger charge is 2.34. The van der Waals surface area contributed by atoms with E-state index in [1.807, 2.05) is 54.6 Å². The summed E-state index contributed by atoms with van der Waals surface area (Å²) >= 11 is 12.2. The van der Waals surface area contributed by atoms with Gasteiger partial charge in [-0.15, -0.1) is 0 Å². The van der Waals surface area contributed by atoms with Gasteiger partial charge in [0.05, 0.1) is 12.3 Å². The van der Waals surface area contributed by atoms with Crippen LogP contribution in [0.4, 0.5) is 5.82 Å². The number of hydrazone groups is 1. The van der Waals surface area contributed by atoms with E-state index in [1.165, 1.54) is 6.20 Å². The monoisotopic (exact) mass is 602 g/mol. The van der Waals surface area contributed by atoms with Crippen molar-refractivity contribution in [2.45, 2.75) is 25.8 Å². The van der Waals surface area contributed by atoms with E-state index in [0.717, 1.165) is 16.8 Å². The van der Waals surface area contributed by atoms with Crippen LogP contribution in [0.1, 0.15) is 41.3 Å². The van der Waals surface area contributed by atoms with E-state index < -0.39 is 17.9 Å². The van der Waals surface area contributed by atoms with Crippen molar-refractivity contribution < 1.29 is 14.3 Å². The minimum atomic E-state index is -0.890. The number of amides is 2. The Bertz CT molecular complexity index is 1610. The molecule has 2 heterocycles. The van der Waals surface area contributed by atoms with Gasteiger partial charge in [0.25, 0.3) is 5.91 Å². The molecule has 2 atom stereocenters. The van der Waals surface area contributed by atoms with Crippen LogP contribution >= 0.6 is 23.2 Å². The summed E-state index contributed by atoms with van der Waals surface area (Å²) in [7, 11) is 0. The number of halogens is 2. The van der Waals surface area contributed by atoms with Crippen molar-refractivity contribution in [3.05, 3.63) is 112 Å². The van der Waals surface area contributed by atoms with Gasteiger partial charge in [0.1, 0.15) is 17.4 Å². The second kappa shape index (κ2) is 12.6. The van der Waals surface area contributed by atoms with Crippen LogP contribution in [0.25, 0.3) is 0 Å². The van der Waals surface area contributed by atoms with Gasteiger partial charge >= 0.3 is 6.01 Å². The predicted octanol–water partition coefficient (Wildman–Crippen LogP) is 5.82. The van der Waals surface area contributed by atoms with E-state index >= 15 is 0 Å². The van der Waals surface area contributed by atoms with Gasteiger partial charge in [-0.05, 0) is 53.4 Å². The maximum absolute atomic E-state index is 13.5. The lowest BCUT2D eigenvalue weighted by Gasteiger charge is -2.22. The average Bonchev–Trinajstić information content (AvgIpc) is 3.43. The molecule has 4 aromatic rings. The van der Waals surface area contributed by atoms with E-state index in [1.54, 1.807) is 43.1 Å². The largest absolute Gasteiger partial charge is 0.424 e. The lowest BCUT2D eigenvalue weighted by atomic mass is 9.90. The average molecular weight is 604 g/mol. The first-order valence-corrected chi connectivity index (χ1v) is 14.0. The first kappa shape index (κ1) is 29.0. The fourth-order valence-corrected chi connectivity index (χ4v) is 4.87. The molecule has 5 rings (SSSR count). The maximum Gasteiger partial charge on any atom is 0.324 e. The molecule has 3 N–H and O–H groups in total. The molecule has 0 fully saturated rings. The first-order valence-electron chi connectivity index (χ1n) is 13.3. The number of hydrogen-bond acceptors (Lipinski definition) is 7. The molecule has 2 amide bonds. The lowest BCUT2D eigenvalue weighted by Crippen LogP contribution is -2.48. The van der Waals surface area contributed by atoms with Gasteiger partial charge < -0.3 is 15.8 Å². The number of carbonyl (C=O) groups excluding carboxylic acids is 2. The molecule has 0 saturated heterocycles. The zero-order chi connectivity index (χ0) is 29.8. The highest BCUT2D eigenvalue weighted by molar-refractivity contribution is 6.31. The van der Waals surface area contributed by atoms with Crippen molar-refractivity contribution in [1.29, 1.82) is 0 Å². The third-order valence-electron chi connectivity index (χ3n) is 6.77. The number of aromatic nitrogens is 2. The van der Waals surface area contributed by atoms with Gasteiger partial charge in [-0.2, -0.15) is 10.1 Å². The minimum absolute atomic E-state index is 0.00517. The van der Waals surface area contributed by atoms with Crippen LogP contribution in [-0.4, -0.2) is 40.1 Å². The molecule has 1 unspecified atom stereocenters. The van der Waals surface area contributed by atoms with Crippen LogP contribution < -0.4 is 20.8 Å². The molecule has 0 bridgehead atoms. The van der Waals surface area contributed by atoms with Crippen LogP contribution in [0.5, 0.6) is 11.8 Å². The Labute approximate surface area is 253 Å². The smallest absolute Gasteiger partial charge is 0.324 e. The van der Waals surface area contributed by atoms with Gasteiger partial charge in [-0.1, -0.05) is 79.5 Å². The number of nitrogens with two attached hydrogens (primary N) is 1. The summed E-state index contributed by atoms with van der Waals surface area (Å²) in [6.07, 6.45) is 1.36. The van der Waals surface area contributed by atoms with Crippen molar-refractivity contribution in [3.63, 3.8) is 0 Å². The summed E-state index contributed by atoms with van der Waals surface area (Å²) < 4.78 is 5.89. The third-order valence-corrected chi connectivity index (χ3v) is 7.28. The Kier molecular flexibility index (Phi) is 8.70. The summed E-state index contributed by atoms with van der Waals surface area (Å²) in [6.45, 7) is 3.97. The highest BCUT2D eigenvalue weighted by atomic mass is 35.5. The molecular formula is C31H28Cl2N6O3. The van der Waals surface area contributed by atoms with Crippen LogP contribution in [0.2, 0.25) is 10.0 Å². The molecular weight excluding hydrogens is 575 g/mol.